The van der Waals surface area contributed by atoms with E-state index in [0.29, 0.717) is 0 Å². The Morgan fingerprint density at radius 1 is 1.41 bits per heavy atom. The van der Waals surface area contributed by atoms with Crippen LogP contribution >= 0.6 is 12.4 Å². The van der Waals surface area contributed by atoms with Crippen LogP contribution in [0.3, 0.4) is 0 Å². The van der Waals surface area contributed by atoms with E-state index in [4.69, 9.17) is 4.74 Å². The lowest BCUT2D eigenvalue weighted by Gasteiger charge is -2.33. The van der Waals surface area contributed by atoms with Gasteiger partial charge in [-0.3, -0.25) is 4.79 Å². The molecule has 1 saturated heterocycles. The first kappa shape index (κ1) is 18.8. The number of hydrogen-bond donors (Lipinski definition) is 1. The molecule has 1 N–H and O–H groups in total. The summed E-state index contributed by atoms with van der Waals surface area (Å²) in [5, 5.41) is 3.32. The molecular formula is C17H27ClN2O2. The predicted octanol–water partition coefficient (Wildman–Crippen LogP) is 3.03. The van der Waals surface area contributed by atoms with Crippen LogP contribution in [0.5, 0.6) is 5.75 Å². The van der Waals surface area contributed by atoms with Crippen LogP contribution in [0.25, 0.3) is 0 Å². The first-order chi connectivity index (χ1) is 10.2. The van der Waals surface area contributed by atoms with Crippen molar-refractivity contribution < 1.29 is 9.53 Å². The number of carbonyl (C=O) groups is 1. The maximum atomic E-state index is 12.8. The Bertz CT molecular complexity index is 475. The minimum atomic E-state index is 0. The molecule has 1 aliphatic rings. The number of nitrogens with one attached hydrogen (secondary N) is 1. The summed E-state index contributed by atoms with van der Waals surface area (Å²) in [4.78, 5) is 14.8. The third kappa shape index (κ3) is 4.37. The summed E-state index contributed by atoms with van der Waals surface area (Å²) in [6.07, 6.45) is 1.89. The number of rotatable bonds is 5. The van der Waals surface area contributed by atoms with Gasteiger partial charge in [-0.05, 0) is 57.5 Å². The number of piperidine rings is 1. The van der Waals surface area contributed by atoms with Gasteiger partial charge in [-0.25, -0.2) is 0 Å². The van der Waals surface area contributed by atoms with E-state index >= 15 is 0 Å². The van der Waals surface area contributed by atoms with Gasteiger partial charge in [0.05, 0.1) is 13.2 Å². The Labute approximate surface area is 139 Å². The number of ether oxygens (including phenoxy) is 1. The fraction of sp³-hybridized carbons (Fsp3) is 0.588. The Balaban J connectivity index is 0.00000242. The maximum absolute atomic E-state index is 12.8. The van der Waals surface area contributed by atoms with E-state index in [1.54, 1.807) is 7.11 Å². The summed E-state index contributed by atoms with van der Waals surface area (Å²) in [6, 6.07) is 8.07. The molecule has 124 valence electrons. The van der Waals surface area contributed by atoms with E-state index in [-0.39, 0.29) is 30.3 Å². The van der Waals surface area contributed by atoms with E-state index in [1.165, 1.54) is 0 Å². The van der Waals surface area contributed by atoms with Gasteiger partial charge in [0.2, 0.25) is 5.91 Å². The molecule has 1 aromatic carbocycles. The van der Waals surface area contributed by atoms with Gasteiger partial charge in [0, 0.05) is 12.5 Å². The SMILES string of the molecule is CCN(C(=O)C1CCNCC1)C(C)c1cccc(OC)c1.Cl. The number of hydrogen-bond acceptors (Lipinski definition) is 3. The third-order valence-electron chi connectivity index (χ3n) is 4.36. The Hall–Kier alpha value is -1.26. The first-order valence-corrected chi connectivity index (χ1v) is 7.82. The van der Waals surface area contributed by atoms with Crippen LogP contribution in [0.4, 0.5) is 0 Å². The average Bonchev–Trinajstić information content (AvgIpc) is 2.56. The van der Waals surface area contributed by atoms with Crippen LogP contribution in [-0.2, 0) is 4.79 Å². The number of benzene rings is 1. The molecule has 2 rings (SSSR count). The van der Waals surface area contributed by atoms with Crippen molar-refractivity contribution in [2.45, 2.75) is 32.7 Å². The molecule has 4 nitrogen and oxygen atoms in total. The van der Waals surface area contributed by atoms with Gasteiger partial charge in [0.25, 0.3) is 0 Å². The Morgan fingerprint density at radius 3 is 2.68 bits per heavy atom. The largest absolute Gasteiger partial charge is 0.497 e. The van der Waals surface area contributed by atoms with Crippen LogP contribution in [0, 0.1) is 5.92 Å². The molecule has 0 radical (unpaired) electrons. The van der Waals surface area contributed by atoms with Crippen molar-refractivity contribution in [2.75, 3.05) is 26.7 Å². The van der Waals surface area contributed by atoms with Gasteiger partial charge < -0.3 is 15.0 Å². The van der Waals surface area contributed by atoms with Gasteiger partial charge in [-0.15, -0.1) is 12.4 Å². The highest BCUT2D eigenvalue weighted by molar-refractivity contribution is 5.85. The topological polar surface area (TPSA) is 41.6 Å². The highest BCUT2D eigenvalue weighted by atomic mass is 35.5. The standard InChI is InChI=1S/C17H26N2O2.ClH/c1-4-19(17(20)14-8-10-18-11-9-14)13(2)15-6-5-7-16(12-15)21-3;/h5-7,12-14,18H,4,8-11H2,1-3H3;1H. The predicted molar refractivity (Wildman–Crippen MR) is 91.6 cm³/mol. The van der Waals surface area contributed by atoms with E-state index in [2.05, 4.69) is 25.2 Å². The molecule has 0 spiro atoms. The molecular weight excluding hydrogens is 300 g/mol. The van der Waals surface area contributed by atoms with Gasteiger partial charge in [-0.1, -0.05) is 12.1 Å². The lowest BCUT2D eigenvalue weighted by atomic mass is 9.95. The number of amides is 1. The van der Waals surface area contributed by atoms with Crippen molar-refractivity contribution in [2.24, 2.45) is 5.92 Å². The monoisotopic (exact) mass is 326 g/mol. The van der Waals surface area contributed by atoms with Crippen LogP contribution < -0.4 is 10.1 Å². The quantitative estimate of drug-likeness (QED) is 0.904. The van der Waals surface area contributed by atoms with Gasteiger partial charge in [0.1, 0.15) is 5.75 Å². The zero-order valence-electron chi connectivity index (χ0n) is 13.7. The average molecular weight is 327 g/mol. The molecule has 1 unspecified atom stereocenters. The van der Waals surface area contributed by atoms with E-state index in [1.807, 2.05) is 23.1 Å². The molecule has 0 saturated carbocycles. The van der Waals surface area contributed by atoms with Crippen molar-refractivity contribution in [3.63, 3.8) is 0 Å². The van der Waals surface area contributed by atoms with Crippen LogP contribution in [0.1, 0.15) is 38.3 Å². The van der Waals surface area contributed by atoms with Crippen LogP contribution in [-0.4, -0.2) is 37.6 Å². The molecule has 1 atom stereocenters. The fourth-order valence-corrected chi connectivity index (χ4v) is 3.01. The number of carbonyl (C=O) groups excluding carboxylic acids is 1. The van der Waals surface area contributed by atoms with Crippen LogP contribution in [0.2, 0.25) is 0 Å². The van der Waals surface area contributed by atoms with Crippen molar-refractivity contribution in [1.29, 1.82) is 0 Å². The molecule has 1 heterocycles. The molecule has 22 heavy (non-hydrogen) atoms. The fourth-order valence-electron chi connectivity index (χ4n) is 3.01. The number of methoxy groups -OCH3 is 1. The highest BCUT2D eigenvalue weighted by Crippen LogP contribution is 2.26. The molecule has 5 heteroatoms. The van der Waals surface area contributed by atoms with E-state index in [0.717, 1.165) is 43.8 Å². The third-order valence-corrected chi connectivity index (χ3v) is 4.36. The summed E-state index contributed by atoms with van der Waals surface area (Å²) in [5.74, 6) is 1.29. The smallest absolute Gasteiger partial charge is 0.226 e. The molecule has 1 amide bonds. The van der Waals surface area contributed by atoms with Gasteiger partial charge >= 0.3 is 0 Å². The Kier molecular flexibility index (Phi) is 7.69. The first-order valence-electron chi connectivity index (χ1n) is 7.82. The second-order valence-corrected chi connectivity index (χ2v) is 5.60. The Morgan fingerprint density at radius 2 is 2.09 bits per heavy atom. The summed E-state index contributed by atoms with van der Waals surface area (Å²) in [7, 11) is 1.67. The summed E-state index contributed by atoms with van der Waals surface area (Å²) < 4.78 is 5.28. The van der Waals surface area contributed by atoms with Crippen molar-refractivity contribution >= 4 is 18.3 Å². The number of halogens is 1. The van der Waals surface area contributed by atoms with E-state index in [9.17, 15) is 4.79 Å². The zero-order chi connectivity index (χ0) is 15.2. The van der Waals surface area contributed by atoms with Crippen molar-refractivity contribution in [1.82, 2.24) is 10.2 Å². The second kappa shape index (κ2) is 9.01. The minimum absolute atomic E-state index is 0. The van der Waals surface area contributed by atoms with Crippen molar-refractivity contribution in [3.8, 4) is 5.75 Å². The van der Waals surface area contributed by atoms with Crippen molar-refractivity contribution in [3.05, 3.63) is 29.8 Å². The number of nitrogens with zero attached hydrogens (tertiary/aromatic N) is 1. The lowest BCUT2D eigenvalue weighted by Crippen LogP contribution is -2.42. The minimum Gasteiger partial charge on any atom is -0.497 e. The molecule has 0 aromatic heterocycles. The molecule has 1 fully saturated rings. The maximum Gasteiger partial charge on any atom is 0.226 e. The second-order valence-electron chi connectivity index (χ2n) is 5.60. The summed E-state index contributed by atoms with van der Waals surface area (Å²) in [6.45, 7) is 6.77. The molecule has 1 aromatic rings. The van der Waals surface area contributed by atoms with Gasteiger partial charge in [0.15, 0.2) is 0 Å². The van der Waals surface area contributed by atoms with Crippen LogP contribution in [0.15, 0.2) is 24.3 Å². The molecule has 1 aliphatic heterocycles. The lowest BCUT2D eigenvalue weighted by molar-refractivity contribution is -0.138. The zero-order valence-corrected chi connectivity index (χ0v) is 14.5. The van der Waals surface area contributed by atoms with Gasteiger partial charge in [-0.2, -0.15) is 0 Å². The van der Waals surface area contributed by atoms with E-state index < -0.39 is 0 Å². The summed E-state index contributed by atoms with van der Waals surface area (Å²) in [5.41, 5.74) is 1.12. The molecule has 0 aliphatic carbocycles. The molecule has 0 bridgehead atoms. The highest BCUT2D eigenvalue weighted by Gasteiger charge is 2.28. The normalized spacial score (nSPS) is 16.5. The summed E-state index contributed by atoms with van der Waals surface area (Å²) >= 11 is 0.